The summed E-state index contributed by atoms with van der Waals surface area (Å²) in [6.45, 7) is 0.784. The average molecular weight is 525 g/mol. The van der Waals surface area contributed by atoms with Crippen molar-refractivity contribution in [1.29, 1.82) is 0 Å². The van der Waals surface area contributed by atoms with Crippen LogP contribution in [-0.2, 0) is 0 Å². The van der Waals surface area contributed by atoms with Gasteiger partial charge in [0.15, 0.2) is 5.78 Å². The number of nitrogens with zero attached hydrogens (tertiary/aromatic N) is 2. The Bertz CT molecular complexity index is 1430. The van der Waals surface area contributed by atoms with Crippen LogP contribution in [0.25, 0.3) is 0 Å². The van der Waals surface area contributed by atoms with Gasteiger partial charge in [-0.1, -0.05) is 36.2 Å². The molecule has 5 nitrogen and oxygen atoms in total. The van der Waals surface area contributed by atoms with E-state index < -0.39 is 5.97 Å². The molecule has 6 heteroatoms. The number of halogens is 1. The van der Waals surface area contributed by atoms with Gasteiger partial charge in [0.05, 0.1) is 5.56 Å². The summed E-state index contributed by atoms with van der Waals surface area (Å²) in [6.07, 6.45) is 3.53. The molecular formula is C32H29ClN2O3. The van der Waals surface area contributed by atoms with Gasteiger partial charge in [0, 0.05) is 52.5 Å². The number of benzene rings is 4. The SMILES string of the molecule is CN(c1ccc(Cl)cc1)c1ccc(C(=O)c2cc(C(=O)O)cc(N(CC3CCC3)c3ccccc3)c2)cc1. The summed E-state index contributed by atoms with van der Waals surface area (Å²) >= 11 is 6.01. The quantitative estimate of drug-likeness (QED) is 0.225. The molecule has 0 amide bonds. The molecular weight excluding hydrogens is 496 g/mol. The number of carboxylic acid groups (broad SMARTS) is 1. The molecule has 0 spiro atoms. The molecule has 0 heterocycles. The highest BCUT2D eigenvalue weighted by molar-refractivity contribution is 6.30. The van der Waals surface area contributed by atoms with Crippen LogP contribution in [0.4, 0.5) is 22.7 Å². The summed E-state index contributed by atoms with van der Waals surface area (Å²) in [4.78, 5) is 29.8. The molecule has 192 valence electrons. The maximum Gasteiger partial charge on any atom is 0.335 e. The molecule has 0 aliphatic heterocycles. The number of hydrogen-bond acceptors (Lipinski definition) is 4. The van der Waals surface area contributed by atoms with Gasteiger partial charge < -0.3 is 14.9 Å². The highest BCUT2D eigenvalue weighted by Crippen LogP contribution is 2.34. The molecule has 1 aliphatic rings. The van der Waals surface area contributed by atoms with Crippen molar-refractivity contribution in [3.63, 3.8) is 0 Å². The van der Waals surface area contributed by atoms with Crippen molar-refractivity contribution >= 4 is 46.1 Å². The summed E-state index contributed by atoms with van der Waals surface area (Å²) in [6, 6.07) is 29.7. The average Bonchev–Trinajstić information content (AvgIpc) is 2.92. The van der Waals surface area contributed by atoms with E-state index in [4.69, 9.17) is 11.6 Å². The van der Waals surface area contributed by atoms with Crippen LogP contribution in [0.1, 0.15) is 45.5 Å². The molecule has 0 saturated heterocycles. The Balaban J connectivity index is 1.46. The molecule has 1 fully saturated rings. The molecule has 1 aliphatic carbocycles. The lowest BCUT2D eigenvalue weighted by molar-refractivity contribution is 0.0697. The fraction of sp³-hybridized carbons (Fsp3) is 0.188. The Morgan fingerprint density at radius 1 is 0.763 bits per heavy atom. The zero-order valence-corrected chi connectivity index (χ0v) is 21.9. The molecule has 0 radical (unpaired) electrons. The lowest BCUT2D eigenvalue weighted by Gasteiger charge is -2.34. The van der Waals surface area contributed by atoms with Crippen molar-refractivity contribution in [2.45, 2.75) is 19.3 Å². The molecule has 4 aromatic carbocycles. The van der Waals surface area contributed by atoms with Gasteiger partial charge in [0.1, 0.15) is 0 Å². The predicted molar refractivity (Wildman–Crippen MR) is 154 cm³/mol. The van der Waals surface area contributed by atoms with E-state index in [9.17, 15) is 14.7 Å². The number of ketones is 1. The van der Waals surface area contributed by atoms with E-state index in [-0.39, 0.29) is 11.3 Å². The van der Waals surface area contributed by atoms with Crippen LogP contribution in [0.2, 0.25) is 5.02 Å². The fourth-order valence-electron chi connectivity index (χ4n) is 4.74. The Labute approximate surface area is 227 Å². The van der Waals surface area contributed by atoms with Crippen LogP contribution < -0.4 is 9.80 Å². The molecule has 0 atom stereocenters. The number of carboxylic acids is 1. The number of para-hydroxylation sites is 1. The summed E-state index contributed by atoms with van der Waals surface area (Å²) in [5.74, 6) is -0.725. The van der Waals surface area contributed by atoms with Crippen molar-refractivity contribution in [2.75, 3.05) is 23.4 Å². The lowest BCUT2D eigenvalue weighted by Crippen LogP contribution is -2.29. The second-order valence-electron chi connectivity index (χ2n) is 9.73. The number of rotatable bonds is 9. The summed E-state index contributed by atoms with van der Waals surface area (Å²) < 4.78 is 0. The van der Waals surface area contributed by atoms with Gasteiger partial charge in [0.2, 0.25) is 0 Å². The van der Waals surface area contributed by atoms with Gasteiger partial charge in [-0.2, -0.15) is 0 Å². The monoisotopic (exact) mass is 524 g/mol. The number of aromatic carboxylic acids is 1. The van der Waals surface area contributed by atoms with E-state index in [0.29, 0.717) is 27.8 Å². The van der Waals surface area contributed by atoms with E-state index in [1.165, 1.54) is 12.5 Å². The van der Waals surface area contributed by atoms with Crippen LogP contribution in [-0.4, -0.2) is 30.5 Å². The minimum Gasteiger partial charge on any atom is -0.478 e. The Hall–Kier alpha value is -4.09. The first kappa shape index (κ1) is 25.6. The highest BCUT2D eigenvalue weighted by atomic mass is 35.5. The Morgan fingerprint density at radius 3 is 1.95 bits per heavy atom. The summed E-state index contributed by atoms with van der Waals surface area (Å²) in [5, 5.41) is 10.5. The van der Waals surface area contributed by atoms with Crippen molar-refractivity contribution in [3.8, 4) is 0 Å². The molecule has 1 saturated carbocycles. The lowest BCUT2D eigenvalue weighted by atomic mass is 9.85. The molecule has 0 unspecified atom stereocenters. The standard InChI is InChI=1S/C32H29ClN2O3/c1-34(28-16-12-26(33)13-17-28)27-14-10-23(11-15-27)31(36)24-18-25(32(37)38)20-30(19-24)35(21-22-6-5-7-22)29-8-3-2-4-9-29/h2-4,8-20,22H,5-7,21H2,1H3,(H,37,38). The van der Waals surface area contributed by atoms with Gasteiger partial charge in [0.25, 0.3) is 0 Å². The Kier molecular flexibility index (Phi) is 7.47. The molecule has 38 heavy (non-hydrogen) atoms. The molecule has 5 rings (SSSR count). The zero-order valence-electron chi connectivity index (χ0n) is 21.2. The maximum absolute atomic E-state index is 13.6. The van der Waals surface area contributed by atoms with Crippen molar-refractivity contribution in [2.24, 2.45) is 5.92 Å². The second kappa shape index (κ2) is 11.1. The third kappa shape index (κ3) is 5.58. The Morgan fingerprint density at radius 2 is 1.37 bits per heavy atom. The number of carbonyl (C=O) groups excluding carboxylic acids is 1. The van der Waals surface area contributed by atoms with Gasteiger partial charge in [-0.15, -0.1) is 0 Å². The zero-order chi connectivity index (χ0) is 26.6. The molecule has 1 N–H and O–H groups in total. The van der Waals surface area contributed by atoms with E-state index in [0.717, 1.165) is 36.4 Å². The van der Waals surface area contributed by atoms with E-state index >= 15 is 0 Å². The van der Waals surface area contributed by atoms with Crippen LogP contribution in [0.15, 0.2) is 97.1 Å². The first-order valence-corrected chi connectivity index (χ1v) is 13.1. The van der Waals surface area contributed by atoms with Gasteiger partial charge >= 0.3 is 5.97 Å². The number of hydrogen-bond donors (Lipinski definition) is 1. The third-order valence-corrected chi connectivity index (χ3v) is 7.45. The topological polar surface area (TPSA) is 60.9 Å². The van der Waals surface area contributed by atoms with Crippen LogP contribution >= 0.6 is 11.6 Å². The largest absolute Gasteiger partial charge is 0.478 e. The van der Waals surface area contributed by atoms with Crippen molar-refractivity contribution in [3.05, 3.63) is 119 Å². The first-order valence-electron chi connectivity index (χ1n) is 12.7. The highest BCUT2D eigenvalue weighted by Gasteiger charge is 2.24. The van der Waals surface area contributed by atoms with E-state index in [1.807, 2.05) is 84.7 Å². The molecule has 0 aromatic heterocycles. The van der Waals surface area contributed by atoms with Gasteiger partial charge in [-0.05, 0) is 97.6 Å². The smallest absolute Gasteiger partial charge is 0.335 e. The maximum atomic E-state index is 13.6. The fourth-order valence-corrected chi connectivity index (χ4v) is 4.87. The van der Waals surface area contributed by atoms with E-state index in [2.05, 4.69) is 4.90 Å². The first-order chi connectivity index (χ1) is 18.4. The van der Waals surface area contributed by atoms with Crippen molar-refractivity contribution in [1.82, 2.24) is 0 Å². The minimum atomic E-state index is -1.06. The normalized spacial score (nSPS) is 13.0. The number of carbonyl (C=O) groups is 2. The third-order valence-electron chi connectivity index (χ3n) is 7.20. The summed E-state index contributed by atoms with van der Waals surface area (Å²) in [7, 11) is 1.95. The predicted octanol–water partition coefficient (Wildman–Crippen LogP) is 7.98. The minimum absolute atomic E-state index is 0.0967. The van der Waals surface area contributed by atoms with Gasteiger partial charge in [-0.25, -0.2) is 4.79 Å². The molecule has 0 bridgehead atoms. The summed E-state index contributed by atoms with van der Waals surface area (Å²) in [5.41, 5.74) is 4.53. The van der Waals surface area contributed by atoms with Crippen LogP contribution in [0.3, 0.4) is 0 Å². The van der Waals surface area contributed by atoms with Gasteiger partial charge in [-0.3, -0.25) is 4.79 Å². The van der Waals surface area contributed by atoms with Crippen molar-refractivity contribution < 1.29 is 14.7 Å². The number of anilines is 4. The van der Waals surface area contributed by atoms with Crippen LogP contribution in [0.5, 0.6) is 0 Å². The van der Waals surface area contributed by atoms with E-state index in [1.54, 1.807) is 18.2 Å². The van der Waals surface area contributed by atoms with Crippen LogP contribution in [0, 0.1) is 5.92 Å². The molecule has 4 aromatic rings. The second-order valence-corrected chi connectivity index (χ2v) is 10.2.